The smallest absolute Gasteiger partial charge is 0.253 e. The molecule has 0 radical (unpaired) electrons. The number of ether oxygens (including phenoxy) is 1. The summed E-state index contributed by atoms with van der Waals surface area (Å²) in [6.07, 6.45) is 2.88. The Balaban J connectivity index is 1.27. The summed E-state index contributed by atoms with van der Waals surface area (Å²) in [4.78, 5) is 42.4. The summed E-state index contributed by atoms with van der Waals surface area (Å²) in [7, 11) is 7.29. The van der Waals surface area contributed by atoms with Gasteiger partial charge < -0.3 is 30.1 Å². The lowest BCUT2D eigenvalue weighted by Crippen LogP contribution is -2.62. The summed E-state index contributed by atoms with van der Waals surface area (Å²) >= 11 is 0. The van der Waals surface area contributed by atoms with Crippen molar-refractivity contribution in [2.75, 3.05) is 46.3 Å². The maximum Gasteiger partial charge on any atom is 0.253 e. The number of likely N-dealkylation sites (N-methyl/N-ethyl adjacent to an activating group) is 1. The number of fused-ring (bicyclic) bond motifs is 2. The number of aliphatic hydroxyl groups is 2. The quantitative estimate of drug-likeness (QED) is 0.228. The van der Waals surface area contributed by atoms with E-state index in [1.807, 2.05) is 73.6 Å². The van der Waals surface area contributed by atoms with Crippen LogP contribution < -0.4 is 15.0 Å². The number of hydroxylamine groups is 2. The maximum atomic E-state index is 14.2. The van der Waals surface area contributed by atoms with E-state index in [-0.39, 0.29) is 36.4 Å². The summed E-state index contributed by atoms with van der Waals surface area (Å²) < 4.78 is 6.07. The minimum Gasteiger partial charge on any atom is -0.496 e. The maximum absolute atomic E-state index is 14.2. The van der Waals surface area contributed by atoms with Crippen molar-refractivity contribution in [1.82, 2.24) is 20.3 Å². The number of benzene rings is 2. The third-order valence-corrected chi connectivity index (χ3v) is 12.5. The van der Waals surface area contributed by atoms with Gasteiger partial charge in [0.1, 0.15) is 17.9 Å². The standard InChI is InChI=1S/C42H57N5O6/c1-25-34-21-30(42(34,3)4)22-35(25)44-40(50)38-37(26(2)49)36(24-48)53-47(38)23-27-12-11-14-33(39(27)52-8)28-18-29(20-32(19-28)45(5)6)41(51)46(7)17-15-31-13-9-10-16-43-31/h9-14,16,18-20,25-26,30,34-38,48-49H,15,17,21-24H2,1-8H3,(H,44,50)/t25-,26-,30-,34+,35-,36-,37-,38-/m0/s1. The lowest BCUT2D eigenvalue weighted by Gasteiger charge is -2.62. The second-order valence-electron chi connectivity index (χ2n) is 16.2. The number of hydrogen-bond acceptors (Lipinski definition) is 9. The van der Waals surface area contributed by atoms with Gasteiger partial charge in [0.15, 0.2) is 0 Å². The number of hydrogen-bond donors (Lipinski definition) is 3. The summed E-state index contributed by atoms with van der Waals surface area (Å²) in [5.41, 5.74) is 4.96. The lowest BCUT2D eigenvalue weighted by molar-refractivity contribution is -0.183. The largest absolute Gasteiger partial charge is 0.496 e. The number of rotatable bonds is 13. The number of aromatic nitrogens is 1. The summed E-state index contributed by atoms with van der Waals surface area (Å²) in [5.74, 6) is 1.10. The van der Waals surface area contributed by atoms with E-state index in [4.69, 9.17) is 9.57 Å². The molecule has 8 atom stereocenters. The zero-order valence-electron chi connectivity index (χ0n) is 32.5. The molecule has 4 aliphatic rings. The van der Waals surface area contributed by atoms with Crippen molar-refractivity contribution >= 4 is 17.5 Å². The number of carbonyl (C=O) groups excluding carboxylic acids is 2. The summed E-state index contributed by atoms with van der Waals surface area (Å²) in [5, 5.41) is 26.2. The summed E-state index contributed by atoms with van der Waals surface area (Å²) in [6.45, 7) is 8.90. The van der Waals surface area contributed by atoms with Crippen LogP contribution in [0.2, 0.25) is 0 Å². The van der Waals surface area contributed by atoms with E-state index in [2.05, 4.69) is 31.1 Å². The molecule has 3 aliphatic carbocycles. The van der Waals surface area contributed by atoms with E-state index >= 15 is 0 Å². The monoisotopic (exact) mass is 727 g/mol. The Morgan fingerprint density at radius 2 is 1.89 bits per heavy atom. The average Bonchev–Trinajstić information content (AvgIpc) is 3.52. The van der Waals surface area contributed by atoms with Crippen molar-refractivity contribution in [2.24, 2.45) is 29.1 Å². The lowest BCUT2D eigenvalue weighted by atomic mass is 9.45. The molecular formula is C42H57N5O6. The van der Waals surface area contributed by atoms with Crippen LogP contribution in [-0.4, -0.2) is 103 Å². The molecule has 0 spiro atoms. The number of methoxy groups -OCH3 is 1. The Bertz CT molecular complexity index is 1770. The molecule has 53 heavy (non-hydrogen) atoms. The minimum absolute atomic E-state index is 0.0387. The van der Waals surface area contributed by atoms with Crippen LogP contribution >= 0.6 is 0 Å². The van der Waals surface area contributed by atoms with Crippen molar-refractivity contribution < 1.29 is 29.4 Å². The summed E-state index contributed by atoms with van der Waals surface area (Å²) in [6, 6.07) is 16.6. The molecule has 2 amide bonds. The predicted octanol–water partition coefficient (Wildman–Crippen LogP) is 4.80. The molecule has 11 nitrogen and oxygen atoms in total. The van der Waals surface area contributed by atoms with E-state index < -0.39 is 24.2 Å². The van der Waals surface area contributed by atoms with Crippen LogP contribution in [0.3, 0.4) is 0 Å². The van der Waals surface area contributed by atoms with Gasteiger partial charge in [0.2, 0.25) is 5.91 Å². The van der Waals surface area contributed by atoms with Gasteiger partial charge in [0, 0.05) is 80.3 Å². The van der Waals surface area contributed by atoms with Crippen molar-refractivity contribution in [3.8, 4) is 16.9 Å². The number of carbonyl (C=O) groups is 2. The van der Waals surface area contributed by atoms with Gasteiger partial charge >= 0.3 is 0 Å². The first-order valence-electron chi connectivity index (χ1n) is 18.9. The number of para-hydroxylation sites is 1. The Morgan fingerprint density at radius 1 is 1.11 bits per heavy atom. The van der Waals surface area contributed by atoms with Gasteiger partial charge in [-0.05, 0) is 78.8 Å². The molecule has 4 fully saturated rings. The van der Waals surface area contributed by atoms with Gasteiger partial charge in [0.25, 0.3) is 5.91 Å². The fourth-order valence-electron chi connectivity index (χ4n) is 9.13. The number of anilines is 1. The zero-order chi connectivity index (χ0) is 38.2. The Labute approximate surface area is 314 Å². The van der Waals surface area contributed by atoms with Crippen molar-refractivity contribution in [1.29, 1.82) is 0 Å². The molecular weight excluding hydrogens is 670 g/mol. The first-order valence-corrected chi connectivity index (χ1v) is 18.9. The normalized spacial score (nSPS) is 26.7. The van der Waals surface area contributed by atoms with Crippen LogP contribution in [0.15, 0.2) is 60.8 Å². The van der Waals surface area contributed by atoms with Crippen LogP contribution in [0, 0.1) is 29.1 Å². The van der Waals surface area contributed by atoms with Crippen LogP contribution in [0.4, 0.5) is 5.69 Å². The number of nitrogens with zero attached hydrogens (tertiary/aromatic N) is 4. The molecule has 1 aromatic heterocycles. The molecule has 2 heterocycles. The molecule has 3 aromatic rings. The molecule has 3 saturated carbocycles. The second kappa shape index (κ2) is 15.8. The van der Waals surface area contributed by atoms with E-state index in [0.29, 0.717) is 42.0 Å². The van der Waals surface area contributed by atoms with E-state index in [1.54, 1.807) is 37.2 Å². The van der Waals surface area contributed by atoms with E-state index in [0.717, 1.165) is 34.5 Å². The van der Waals surface area contributed by atoms with Gasteiger partial charge in [0.05, 0.1) is 26.4 Å². The first kappa shape index (κ1) is 38.7. The van der Waals surface area contributed by atoms with Crippen LogP contribution in [0.25, 0.3) is 11.1 Å². The van der Waals surface area contributed by atoms with Gasteiger partial charge in [-0.3, -0.25) is 19.4 Å². The fraction of sp³-hybridized carbons (Fsp3) is 0.548. The average molecular weight is 728 g/mol. The molecule has 7 rings (SSSR count). The molecule has 3 N–H and O–H groups in total. The molecule has 11 heteroatoms. The highest BCUT2D eigenvalue weighted by atomic mass is 16.7. The zero-order valence-corrected chi connectivity index (χ0v) is 32.5. The Kier molecular flexibility index (Phi) is 11.5. The fourth-order valence-corrected chi connectivity index (χ4v) is 9.13. The molecule has 1 saturated heterocycles. The molecule has 1 aliphatic heterocycles. The van der Waals surface area contributed by atoms with Crippen LogP contribution in [0.5, 0.6) is 5.75 Å². The van der Waals surface area contributed by atoms with Gasteiger partial charge in [-0.2, -0.15) is 5.06 Å². The van der Waals surface area contributed by atoms with Gasteiger partial charge in [-0.15, -0.1) is 0 Å². The van der Waals surface area contributed by atoms with Gasteiger partial charge in [-0.25, -0.2) is 0 Å². The van der Waals surface area contributed by atoms with Crippen molar-refractivity contribution in [3.05, 3.63) is 77.6 Å². The SMILES string of the molecule is COc1c(CN2O[C@@H](CO)[C@H]([C@H](C)O)[C@H]2C(=O)N[C@H]2C[C@@H]3C[C@H]([C@@H]2C)C3(C)C)cccc1-c1cc(C(=O)N(C)CCc2ccccn2)cc(N(C)C)c1. The highest BCUT2D eigenvalue weighted by Crippen LogP contribution is 2.61. The van der Waals surface area contributed by atoms with Crippen LogP contribution in [0.1, 0.15) is 62.2 Å². The molecule has 2 bridgehead atoms. The van der Waals surface area contributed by atoms with Crippen LogP contribution in [-0.2, 0) is 22.6 Å². The number of pyridine rings is 1. The second-order valence-corrected chi connectivity index (χ2v) is 16.2. The highest BCUT2D eigenvalue weighted by molar-refractivity contribution is 5.97. The number of amides is 2. The minimum atomic E-state index is -0.899. The first-order chi connectivity index (χ1) is 25.2. The molecule has 2 aromatic carbocycles. The predicted molar refractivity (Wildman–Crippen MR) is 205 cm³/mol. The molecule has 286 valence electrons. The van der Waals surface area contributed by atoms with Crippen molar-refractivity contribution in [2.45, 2.75) is 77.8 Å². The third-order valence-electron chi connectivity index (χ3n) is 12.5. The van der Waals surface area contributed by atoms with E-state index in [1.165, 1.54) is 6.42 Å². The Morgan fingerprint density at radius 3 is 2.51 bits per heavy atom. The number of aliphatic hydroxyl groups excluding tert-OH is 2. The van der Waals surface area contributed by atoms with Gasteiger partial charge in [-0.1, -0.05) is 45.0 Å². The topological polar surface area (TPSA) is 128 Å². The van der Waals surface area contributed by atoms with Crippen molar-refractivity contribution in [3.63, 3.8) is 0 Å². The Hall–Kier alpha value is -4.03. The van der Waals surface area contributed by atoms with E-state index in [9.17, 15) is 19.8 Å². The number of nitrogens with one attached hydrogen (secondary N) is 1. The highest BCUT2D eigenvalue weighted by Gasteiger charge is 2.57. The third kappa shape index (κ3) is 7.67. The molecule has 0 unspecified atom stereocenters.